The molecular weight excluding hydrogens is 408 g/mol. The molecule has 0 bridgehead atoms. The number of hydrogen-bond acceptors (Lipinski definition) is 4. The minimum Gasteiger partial charge on any atom is -0.491 e. The fourth-order valence-corrected chi connectivity index (χ4v) is 5.68. The van der Waals surface area contributed by atoms with Gasteiger partial charge in [0, 0.05) is 10.8 Å². The van der Waals surface area contributed by atoms with Crippen molar-refractivity contribution in [2.24, 2.45) is 11.8 Å². The molecule has 0 unspecified atom stereocenters. The first-order valence-corrected chi connectivity index (χ1v) is 13.5. The first-order chi connectivity index (χ1) is 14.6. The Kier molecular flexibility index (Phi) is 9.32. The highest BCUT2D eigenvalue weighted by atomic mass is 32.1. The third kappa shape index (κ3) is 6.37. The van der Waals surface area contributed by atoms with Crippen molar-refractivity contribution in [3.63, 3.8) is 0 Å². The lowest BCUT2D eigenvalue weighted by Crippen LogP contribution is -2.01. The van der Waals surface area contributed by atoms with Crippen LogP contribution in [0.25, 0.3) is 20.2 Å². The molecule has 2 aromatic heterocycles. The van der Waals surface area contributed by atoms with Crippen LogP contribution in [-0.2, 0) is 0 Å². The fourth-order valence-electron chi connectivity index (χ4n) is 3.87. The zero-order chi connectivity index (χ0) is 21.3. The summed E-state index contributed by atoms with van der Waals surface area (Å²) >= 11 is 3.54. The SMILES string of the molecule is CC(C)CCCCCOc1c2ccsc2c(OCCCCCC(C)C)c2ccsc12. The maximum atomic E-state index is 6.35. The third-order valence-corrected chi connectivity index (χ3v) is 7.40. The Morgan fingerprint density at radius 1 is 0.633 bits per heavy atom. The second kappa shape index (κ2) is 12.0. The summed E-state index contributed by atoms with van der Waals surface area (Å²) in [6.45, 7) is 10.8. The smallest absolute Gasteiger partial charge is 0.146 e. The van der Waals surface area contributed by atoms with Gasteiger partial charge in [-0.05, 0) is 47.6 Å². The summed E-state index contributed by atoms with van der Waals surface area (Å²) in [5.41, 5.74) is 0. The highest BCUT2D eigenvalue weighted by molar-refractivity contribution is 7.19. The molecule has 0 fully saturated rings. The molecule has 0 spiro atoms. The Morgan fingerprint density at radius 3 is 1.47 bits per heavy atom. The van der Waals surface area contributed by atoms with Crippen LogP contribution in [0.2, 0.25) is 0 Å². The van der Waals surface area contributed by atoms with Gasteiger partial charge in [-0.15, -0.1) is 22.7 Å². The summed E-state index contributed by atoms with van der Waals surface area (Å²) in [5, 5.41) is 6.76. The topological polar surface area (TPSA) is 18.5 Å². The average molecular weight is 447 g/mol. The van der Waals surface area contributed by atoms with Gasteiger partial charge < -0.3 is 9.47 Å². The number of benzene rings is 1. The Balaban J connectivity index is 1.64. The molecule has 0 aliphatic rings. The number of fused-ring (bicyclic) bond motifs is 2. The van der Waals surface area contributed by atoms with Crippen molar-refractivity contribution < 1.29 is 9.47 Å². The molecule has 2 nitrogen and oxygen atoms in total. The Labute approximate surface area is 190 Å². The summed E-state index contributed by atoms with van der Waals surface area (Å²) < 4.78 is 15.2. The Morgan fingerprint density at radius 2 is 1.07 bits per heavy atom. The van der Waals surface area contributed by atoms with Crippen molar-refractivity contribution in [3.8, 4) is 11.5 Å². The molecule has 0 radical (unpaired) electrons. The molecule has 3 aromatic rings. The molecule has 0 aliphatic heterocycles. The van der Waals surface area contributed by atoms with Crippen LogP contribution < -0.4 is 9.47 Å². The number of thiophene rings is 2. The van der Waals surface area contributed by atoms with Crippen molar-refractivity contribution in [1.82, 2.24) is 0 Å². The predicted octanol–water partition coefficient (Wildman–Crippen LogP) is 9.31. The maximum Gasteiger partial charge on any atom is 0.146 e. The Hall–Kier alpha value is -1.26. The normalized spacial score (nSPS) is 11.9. The van der Waals surface area contributed by atoms with Crippen LogP contribution in [0.3, 0.4) is 0 Å². The molecule has 3 rings (SSSR count). The van der Waals surface area contributed by atoms with Gasteiger partial charge >= 0.3 is 0 Å². The number of unbranched alkanes of at least 4 members (excludes halogenated alkanes) is 4. The van der Waals surface area contributed by atoms with Crippen molar-refractivity contribution >= 4 is 42.8 Å². The van der Waals surface area contributed by atoms with E-state index < -0.39 is 0 Å². The van der Waals surface area contributed by atoms with Crippen LogP contribution in [0, 0.1) is 11.8 Å². The standard InChI is InChI=1S/C26H38O2S2/c1-19(2)11-7-5-9-15-27-23-21-13-17-30-26(21)24(22-14-18-29-25(22)23)28-16-10-6-8-12-20(3)4/h13-14,17-20H,5-12,15-16H2,1-4H3. The molecular formula is C26H38O2S2. The molecule has 0 aliphatic carbocycles. The van der Waals surface area contributed by atoms with Gasteiger partial charge in [-0.3, -0.25) is 0 Å². The quantitative estimate of drug-likeness (QED) is 0.230. The molecule has 4 heteroatoms. The van der Waals surface area contributed by atoms with E-state index in [-0.39, 0.29) is 0 Å². The average Bonchev–Trinajstić information content (AvgIpc) is 3.37. The first-order valence-electron chi connectivity index (χ1n) is 11.7. The van der Waals surface area contributed by atoms with E-state index in [1.165, 1.54) is 58.7 Å². The van der Waals surface area contributed by atoms with Crippen molar-refractivity contribution in [3.05, 3.63) is 22.9 Å². The van der Waals surface area contributed by atoms with Gasteiger partial charge in [0.15, 0.2) is 0 Å². The number of ether oxygens (including phenoxy) is 2. The molecule has 0 atom stereocenters. The summed E-state index contributed by atoms with van der Waals surface area (Å²) in [6.07, 6.45) is 9.97. The second-order valence-electron chi connectivity index (χ2n) is 9.17. The van der Waals surface area contributed by atoms with Gasteiger partial charge in [0.05, 0.1) is 22.6 Å². The molecule has 30 heavy (non-hydrogen) atoms. The zero-order valence-corrected chi connectivity index (χ0v) is 20.8. The fraction of sp³-hybridized carbons (Fsp3) is 0.615. The summed E-state index contributed by atoms with van der Waals surface area (Å²) in [6, 6.07) is 4.39. The molecule has 0 saturated carbocycles. The van der Waals surface area contributed by atoms with Gasteiger partial charge in [-0.25, -0.2) is 0 Å². The van der Waals surface area contributed by atoms with E-state index in [0.29, 0.717) is 0 Å². The monoisotopic (exact) mass is 446 g/mol. The molecule has 2 heterocycles. The zero-order valence-electron chi connectivity index (χ0n) is 19.2. The highest BCUT2D eigenvalue weighted by Gasteiger charge is 2.18. The molecule has 166 valence electrons. The minimum absolute atomic E-state index is 0.796. The van der Waals surface area contributed by atoms with Crippen LogP contribution in [-0.4, -0.2) is 13.2 Å². The van der Waals surface area contributed by atoms with Gasteiger partial charge in [0.25, 0.3) is 0 Å². The molecule has 1 aromatic carbocycles. The van der Waals surface area contributed by atoms with Crippen LogP contribution in [0.15, 0.2) is 22.9 Å². The van der Waals surface area contributed by atoms with E-state index in [4.69, 9.17) is 9.47 Å². The summed E-state index contributed by atoms with van der Waals surface area (Å²) in [4.78, 5) is 0. The molecule has 0 amide bonds. The van der Waals surface area contributed by atoms with E-state index in [0.717, 1.165) is 49.4 Å². The minimum atomic E-state index is 0.796. The second-order valence-corrected chi connectivity index (χ2v) is 11.0. The predicted molar refractivity (Wildman–Crippen MR) is 135 cm³/mol. The van der Waals surface area contributed by atoms with E-state index >= 15 is 0 Å². The van der Waals surface area contributed by atoms with Gasteiger partial charge in [0.1, 0.15) is 11.5 Å². The van der Waals surface area contributed by atoms with E-state index in [1.807, 2.05) is 0 Å². The van der Waals surface area contributed by atoms with Crippen LogP contribution in [0.4, 0.5) is 0 Å². The van der Waals surface area contributed by atoms with Gasteiger partial charge in [-0.1, -0.05) is 66.2 Å². The lowest BCUT2D eigenvalue weighted by Gasteiger charge is -2.14. The van der Waals surface area contributed by atoms with Crippen LogP contribution in [0.5, 0.6) is 11.5 Å². The van der Waals surface area contributed by atoms with E-state index in [9.17, 15) is 0 Å². The highest BCUT2D eigenvalue weighted by Crippen LogP contribution is 2.47. The summed E-state index contributed by atoms with van der Waals surface area (Å²) in [7, 11) is 0. The lowest BCUT2D eigenvalue weighted by atomic mass is 10.1. The lowest BCUT2D eigenvalue weighted by molar-refractivity contribution is 0.305. The van der Waals surface area contributed by atoms with Gasteiger partial charge in [-0.2, -0.15) is 0 Å². The number of hydrogen-bond donors (Lipinski definition) is 0. The maximum absolute atomic E-state index is 6.35. The van der Waals surface area contributed by atoms with E-state index in [1.54, 1.807) is 22.7 Å². The van der Waals surface area contributed by atoms with Gasteiger partial charge in [0.2, 0.25) is 0 Å². The van der Waals surface area contributed by atoms with Crippen LogP contribution >= 0.6 is 22.7 Å². The molecule has 0 N–H and O–H groups in total. The Bertz CT molecular complexity index is 770. The largest absolute Gasteiger partial charge is 0.491 e. The third-order valence-electron chi connectivity index (χ3n) is 5.58. The van der Waals surface area contributed by atoms with Crippen molar-refractivity contribution in [1.29, 1.82) is 0 Å². The first kappa shape index (κ1) is 23.4. The van der Waals surface area contributed by atoms with Crippen molar-refractivity contribution in [2.45, 2.75) is 79.1 Å². The number of rotatable bonds is 14. The van der Waals surface area contributed by atoms with Crippen LogP contribution in [0.1, 0.15) is 79.1 Å². The van der Waals surface area contributed by atoms with E-state index in [2.05, 4.69) is 50.6 Å². The summed E-state index contributed by atoms with van der Waals surface area (Å²) in [5.74, 6) is 3.71. The van der Waals surface area contributed by atoms with Crippen molar-refractivity contribution in [2.75, 3.05) is 13.2 Å². The molecule has 0 saturated heterocycles.